The third-order valence-corrected chi connectivity index (χ3v) is 3.92. The lowest BCUT2D eigenvalue weighted by Gasteiger charge is -2.25. The largest absolute Gasteiger partial charge is 0.416 e. The molecule has 0 radical (unpaired) electrons. The second-order valence-electron chi connectivity index (χ2n) is 5.58. The summed E-state index contributed by atoms with van der Waals surface area (Å²) in [6.07, 6.45) is -1.03. The number of rotatable bonds is 2. The third-order valence-electron chi connectivity index (χ3n) is 3.92. The van der Waals surface area contributed by atoms with Crippen molar-refractivity contribution in [3.8, 4) is 0 Å². The van der Waals surface area contributed by atoms with Gasteiger partial charge in [-0.1, -0.05) is 12.1 Å². The Morgan fingerprint density at radius 3 is 2.75 bits per heavy atom. The van der Waals surface area contributed by atoms with Crippen molar-refractivity contribution in [2.75, 3.05) is 6.54 Å². The molecule has 1 aliphatic heterocycles. The molecule has 2 heterocycles. The molecule has 1 aliphatic rings. The van der Waals surface area contributed by atoms with Gasteiger partial charge in [-0.2, -0.15) is 13.2 Å². The Hall–Kier alpha value is -2.48. The zero-order valence-electron chi connectivity index (χ0n) is 12.4. The molecule has 1 aromatic heterocycles. The first kappa shape index (κ1) is 16.4. The van der Waals surface area contributed by atoms with Gasteiger partial charge >= 0.3 is 6.18 Å². The van der Waals surface area contributed by atoms with Gasteiger partial charge in [0.2, 0.25) is 0 Å². The molecule has 8 heteroatoms. The molecule has 0 bridgehead atoms. The van der Waals surface area contributed by atoms with E-state index in [9.17, 15) is 23.1 Å². The van der Waals surface area contributed by atoms with Crippen LogP contribution < -0.4 is 0 Å². The van der Waals surface area contributed by atoms with Crippen LogP contribution >= 0.6 is 0 Å². The van der Waals surface area contributed by atoms with E-state index in [2.05, 4.69) is 9.97 Å². The Kier molecular flexibility index (Phi) is 4.23. The van der Waals surface area contributed by atoms with E-state index >= 15 is 0 Å². The normalized spacial score (nSPS) is 21.1. The first-order valence-corrected chi connectivity index (χ1v) is 7.28. The van der Waals surface area contributed by atoms with E-state index in [0.717, 1.165) is 12.1 Å². The number of likely N-dealkylation sites (tertiary alicyclic amines) is 1. The number of carbonyl (C=O) groups is 1. The highest BCUT2D eigenvalue weighted by atomic mass is 19.4. The molecule has 2 aromatic rings. The number of halogens is 3. The number of amides is 1. The molecular formula is C16H14F3N3O2. The van der Waals surface area contributed by atoms with Crippen LogP contribution in [0, 0.1) is 0 Å². The van der Waals surface area contributed by atoms with Crippen LogP contribution in [0.3, 0.4) is 0 Å². The number of hydrogen-bond donors (Lipinski definition) is 1. The van der Waals surface area contributed by atoms with Crippen LogP contribution in [0.4, 0.5) is 13.2 Å². The van der Waals surface area contributed by atoms with E-state index in [4.69, 9.17) is 0 Å². The van der Waals surface area contributed by atoms with Crippen molar-refractivity contribution in [2.24, 2.45) is 0 Å². The highest BCUT2D eigenvalue weighted by molar-refractivity contribution is 5.92. The summed E-state index contributed by atoms with van der Waals surface area (Å²) in [7, 11) is 0. The average Bonchev–Trinajstić information content (AvgIpc) is 2.96. The molecule has 126 valence electrons. The van der Waals surface area contributed by atoms with Gasteiger partial charge in [-0.25, -0.2) is 4.98 Å². The van der Waals surface area contributed by atoms with E-state index in [1.165, 1.54) is 35.6 Å². The molecular weight excluding hydrogens is 323 g/mol. The van der Waals surface area contributed by atoms with Crippen LogP contribution in [0.1, 0.15) is 34.1 Å². The van der Waals surface area contributed by atoms with Crippen LogP contribution in [-0.2, 0) is 6.18 Å². The van der Waals surface area contributed by atoms with Crippen LogP contribution in [0.25, 0.3) is 0 Å². The average molecular weight is 337 g/mol. The van der Waals surface area contributed by atoms with Gasteiger partial charge in [0.15, 0.2) is 0 Å². The lowest BCUT2D eigenvalue weighted by Crippen LogP contribution is -2.32. The van der Waals surface area contributed by atoms with Crippen molar-refractivity contribution in [2.45, 2.75) is 24.7 Å². The molecule has 2 unspecified atom stereocenters. The molecule has 5 nitrogen and oxygen atoms in total. The lowest BCUT2D eigenvalue weighted by molar-refractivity contribution is -0.137. The van der Waals surface area contributed by atoms with Gasteiger partial charge in [-0.3, -0.25) is 9.78 Å². The van der Waals surface area contributed by atoms with Gasteiger partial charge in [0, 0.05) is 18.9 Å². The Balaban J connectivity index is 1.93. The van der Waals surface area contributed by atoms with Crippen LogP contribution in [0.5, 0.6) is 0 Å². The summed E-state index contributed by atoms with van der Waals surface area (Å²) in [6, 6.07) is 4.17. The third kappa shape index (κ3) is 3.23. The molecule has 24 heavy (non-hydrogen) atoms. The minimum absolute atomic E-state index is 0.0380. The highest BCUT2D eigenvalue weighted by Gasteiger charge is 2.38. The summed E-state index contributed by atoms with van der Waals surface area (Å²) >= 11 is 0. The van der Waals surface area contributed by atoms with Crippen molar-refractivity contribution in [3.63, 3.8) is 0 Å². The maximum atomic E-state index is 12.9. The SMILES string of the molecule is O=C(c1cnccn1)N1CC(O)CC1c1cccc(C(F)(F)F)c1. The Morgan fingerprint density at radius 1 is 1.29 bits per heavy atom. The fraction of sp³-hybridized carbons (Fsp3) is 0.312. The number of carbonyl (C=O) groups excluding carboxylic acids is 1. The summed E-state index contributed by atoms with van der Waals surface area (Å²) < 4.78 is 38.7. The molecule has 1 amide bonds. The van der Waals surface area contributed by atoms with Gasteiger partial charge in [-0.15, -0.1) is 0 Å². The van der Waals surface area contributed by atoms with Crippen molar-refractivity contribution in [1.82, 2.24) is 14.9 Å². The van der Waals surface area contributed by atoms with E-state index in [1.807, 2.05) is 0 Å². The minimum atomic E-state index is -4.47. The quantitative estimate of drug-likeness (QED) is 0.914. The summed E-state index contributed by atoms with van der Waals surface area (Å²) in [6.45, 7) is 0.0380. The topological polar surface area (TPSA) is 66.3 Å². The number of β-amino-alcohol motifs (C(OH)–C–C–N with tert-alkyl or cyclic N) is 1. The minimum Gasteiger partial charge on any atom is -0.391 e. The Labute approximate surface area is 135 Å². The summed E-state index contributed by atoms with van der Waals surface area (Å²) in [4.78, 5) is 21.6. The molecule has 1 aromatic carbocycles. The number of aromatic nitrogens is 2. The second kappa shape index (κ2) is 6.20. The number of benzene rings is 1. The second-order valence-corrected chi connectivity index (χ2v) is 5.58. The first-order chi connectivity index (χ1) is 11.4. The number of alkyl halides is 3. The van der Waals surface area contributed by atoms with Gasteiger partial charge in [-0.05, 0) is 24.1 Å². The number of aliphatic hydroxyl groups excluding tert-OH is 1. The fourth-order valence-electron chi connectivity index (χ4n) is 2.83. The van der Waals surface area contributed by atoms with Gasteiger partial charge in [0.25, 0.3) is 5.91 Å². The molecule has 0 saturated carbocycles. The Morgan fingerprint density at radius 2 is 2.08 bits per heavy atom. The fourth-order valence-corrected chi connectivity index (χ4v) is 2.83. The predicted octanol–water partition coefficient (Wildman–Crippen LogP) is 2.44. The Bertz CT molecular complexity index is 737. The molecule has 3 rings (SSSR count). The molecule has 0 aliphatic carbocycles. The molecule has 1 N–H and O–H groups in total. The molecule has 1 saturated heterocycles. The van der Waals surface area contributed by atoms with E-state index in [-0.39, 0.29) is 18.7 Å². The monoisotopic (exact) mass is 337 g/mol. The van der Waals surface area contributed by atoms with Crippen molar-refractivity contribution in [1.29, 1.82) is 0 Å². The molecule has 1 fully saturated rings. The van der Waals surface area contributed by atoms with Crippen molar-refractivity contribution < 1.29 is 23.1 Å². The molecule has 2 atom stereocenters. The smallest absolute Gasteiger partial charge is 0.391 e. The maximum absolute atomic E-state index is 12.9. The van der Waals surface area contributed by atoms with E-state index < -0.39 is 29.8 Å². The number of nitrogens with zero attached hydrogens (tertiary/aromatic N) is 3. The van der Waals surface area contributed by atoms with Gasteiger partial charge in [0.1, 0.15) is 5.69 Å². The van der Waals surface area contributed by atoms with Crippen LogP contribution in [0.2, 0.25) is 0 Å². The van der Waals surface area contributed by atoms with Crippen LogP contribution in [-0.4, -0.2) is 38.5 Å². The number of aliphatic hydroxyl groups is 1. The summed E-state index contributed by atoms with van der Waals surface area (Å²) in [5.41, 5.74) is -0.365. The van der Waals surface area contributed by atoms with Crippen LogP contribution in [0.15, 0.2) is 42.9 Å². The van der Waals surface area contributed by atoms with Crippen molar-refractivity contribution in [3.05, 3.63) is 59.7 Å². The zero-order valence-corrected chi connectivity index (χ0v) is 12.4. The lowest BCUT2D eigenvalue weighted by atomic mass is 10.0. The standard InChI is InChI=1S/C16H14F3N3O2/c17-16(18,19)11-3-1-2-10(6-11)14-7-12(23)9-22(14)15(24)13-8-20-4-5-21-13/h1-6,8,12,14,23H,7,9H2. The van der Waals surface area contributed by atoms with E-state index in [0.29, 0.717) is 5.56 Å². The predicted molar refractivity (Wildman–Crippen MR) is 77.9 cm³/mol. The zero-order chi connectivity index (χ0) is 17.3. The first-order valence-electron chi connectivity index (χ1n) is 7.28. The molecule has 0 spiro atoms. The number of hydrogen-bond acceptors (Lipinski definition) is 4. The summed E-state index contributed by atoms with van der Waals surface area (Å²) in [5.74, 6) is -0.470. The van der Waals surface area contributed by atoms with Gasteiger partial charge < -0.3 is 10.0 Å². The van der Waals surface area contributed by atoms with E-state index in [1.54, 1.807) is 0 Å². The maximum Gasteiger partial charge on any atom is 0.416 e. The highest BCUT2D eigenvalue weighted by Crippen LogP contribution is 2.36. The van der Waals surface area contributed by atoms with Gasteiger partial charge in [0.05, 0.1) is 23.9 Å². The summed E-state index contributed by atoms with van der Waals surface area (Å²) in [5, 5.41) is 9.90. The van der Waals surface area contributed by atoms with Crippen molar-refractivity contribution >= 4 is 5.91 Å².